The number of hydrogen-bond donors (Lipinski definition) is 0. The Labute approximate surface area is 744 Å². The van der Waals surface area contributed by atoms with Crippen LogP contribution >= 0.6 is 0 Å². The largest absolute Gasteiger partial charge is 0.462 e. The predicted molar refractivity (Wildman–Crippen MR) is 490 cm³/mol. The third kappa shape index (κ3) is 52.8. The molecule has 0 N–H and O–H groups in total. The van der Waals surface area contributed by atoms with Gasteiger partial charge in [0.25, 0.3) is 0 Å². The molecule has 0 spiro atoms. The van der Waals surface area contributed by atoms with Gasteiger partial charge in [-0.05, 0) is 213 Å². The summed E-state index contributed by atoms with van der Waals surface area (Å²) in [6.07, 6.45) is 48.1. The van der Waals surface area contributed by atoms with Crippen molar-refractivity contribution in [2.45, 2.75) is 378 Å². The SMILES string of the molecule is CC(C)CCCC(C)CCCC1CCC(C(=O)OCCOC(=O)CCN(CCCN2CCN(CCCN(CCC(=O)OCCOC(=O)C3CCC(CCCC(C)CCCC(C)C)CC3)CCC(=O)OCCOC(=O)C3CCC(CCCC(C)CCCC(C)C)CC3)CC2)CCC(=O)OCCOC(=O)C2CCC(CCCC(C)CCCC(C)C)CC2)CC1. The lowest BCUT2D eigenvalue weighted by molar-refractivity contribution is -0.156. The van der Waals surface area contributed by atoms with Crippen LogP contribution < -0.4 is 0 Å². The lowest BCUT2D eigenvalue weighted by Gasteiger charge is -2.35. The molecular formula is C102H184N4O16. The maximum absolute atomic E-state index is 13.2. The number of rotatable bonds is 68. The predicted octanol–water partition coefficient (Wildman–Crippen LogP) is 21.7. The Morgan fingerprint density at radius 3 is 0.648 bits per heavy atom. The maximum atomic E-state index is 13.2. The summed E-state index contributed by atoms with van der Waals surface area (Å²) < 4.78 is 45.0. The fourth-order valence-corrected chi connectivity index (χ4v) is 19.7. The van der Waals surface area contributed by atoms with E-state index in [9.17, 15) is 38.4 Å². The van der Waals surface area contributed by atoms with Crippen molar-refractivity contribution >= 4 is 47.8 Å². The molecule has 1 saturated heterocycles. The maximum Gasteiger partial charge on any atom is 0.309 e. The number of hydrogen-bond acceptors (Lipinski definition) is 20. The van der Waals surface area contributed by atoms with Crippen molar-refractivity contribution in [1.29, 1.82) is 0 Å². The number of carbonyl (C=O) groups excluding carboxylic acids is 8. The van der Waals surface area contributed by atoms with Gasteiger partial charge in [-0.2, -0.15) is 0 Å². The fraction of sp³-hybridized carbons (Fsp3) is 0.922. The van der Waals surface area contributed by atoms with Gasteiger partial charge in [0.1, 0.15) is 52.9 Å². The molecule has 122 heavy (non-hydrogen) atoms. The molecule has 0 aromatic carbocycles. The highest BCUT2D eigenvalue weighted by Gasteiger charge is 2.33. The van der Waals surface area contributed by atoms with E-state index >= 15 is 0 Å². The van der Waals surface area contributed by atoms with E-state index in [0.717, 1.165) is 202 Å². The van der Waals surface area contributed by atoms with Crippen molar-refractivity contribution in [3.63, 3.8) is 0 Å². The summed E-state index contributed by atoms with van der Waals surface area (Å²) in [7, 11) is 0. The molecule has 0 amide bonds. The molecule has 5 fully saturated rings. The summed E-state index contributed by atoms with van der Waals surface area (Å²) in [6, 6.07) is 0. The van der Waals surface area contributed by atoms with Gasteiger partial charge >= 0.3 is 47.8 Å². The Morgan fingerprint density at radius 1 is 0.246 bits per heavy atom. The zero-order valence-corrected chi connectivity index (χ0v) is 80.2. The van der Waals surface area contributed by atoms with E-state index in [1.54, 1.807) is 0 Å². The van der Waals surface area contributed by atoms with Gasteiger partial charge in [0.15, 0.2) is 0 Å². The average Bonchev–Trinajstić information content (AvgIpc) is 0.887. The van der Waals surface area contributed by atoms with E-state index in [1.807, 2.05) is 0 Å². The van der Waals surface area contributed by atoms with Crippen molar-refractivity contribution in [1.82, 2.24) is 19.6 Å². The van der Waals surface area contributed by atoms with Crippen molar-refractivity contribution in [3.8, 4) is 0 Å². The lowest BCUT2D eigenvalue weighted by Crippen LogP contribution is -2.47. The second kappa shape index (κ2) is 66.0. The molecular weight excluding hydrogens is 1540 g/mol. The van der Waals surface area contributed by atoms with Gasteiger partial charge in [0, 0.05) is 52.4 Å². The number of ether oxygens (including phenoxy) is 8. The van der Waals surface area contributed by atoms with E-state index < -0.39 is 0 Å². The Balaban J connectivity index is 1.04. The number of piperazine rings is 1. The van der Waals surface area contributed by atoms with Crippen LogP contribution in [-0.2, 0) is 76.3 Å². The van der Waals surface area contributed by atoms with Crippen LogP contribution in [-0.4, -0.2) is 199 Å². The third-order valence-corrected chi connectivity index (χ3v) is 28.1. The Hall–Kier alpha value is -4.40. The van der Waals surface area contributed by atoms with Crippen LogP contribution in [0.3, 0.4) is 0 Å². The fourth-order valence-electron chi connectivity index (χ4n) is 19.7. The summed E-state index contributed by atoms with van der Waals surface area (Å²) in [5, 5.41) is 0. The number of esters is 8. The highest BCUT2D eigenvalue weighted by molar-refractivity contribution is 5.75. The van der Waals surface area contributed by atoms with E-state index in [0.29, 0.717) is 62.9 Å². The molecule has 0 aromatic heterocycles. The van der Waals surface area contributed by atoms with Crippen molar-refractivity contribution in [2.24, 2.45) is 94.7 Å². The van der Waals surface area contributed by atoms with E-state index in [2.05, 4.69) is 103 Å². The van der Waals surface area contributed by atoms with Gasteiger partial charge in [0.2, 0.25) is 0 Å². The van der Waals surface area contributed by atoms with E-state index in [-0.39, 0.29) is 150 Å². The first-order valence-electron chi connectivity index (χ1n) is 50.9. The molecule has 4 unspecified atom stereocenters. The third-order valence-electron chi connectivity index (χ3n) is 28.1. The van der Waals surface area contributed by atoms with Gasteiger partial charge in [-0.15, -0.1) is 0 Å². The van der Waals surface area contributed by atoms with Crippen LogP contribution in [0.5, 0.6) is 0 Å². The van der Waals surface area contributed by atoms with Crippen LogP contribution in [0, 0.1) is 94.7 Å². The Morgan fingerprint density at radius 2 is 0.443 bits per heavy atom. The first-order chi connectivity index (χ1) is 58.7. The second-order valence-electron chi connectivity index (χ2n) is 40.9. The van der Waals surface area contributed by atoms with Crippen LogP contribution in [0.15, 0.2) is 0 Å². The van der Waals surface area contributed by atoms with E-state index in [1.165, 1.54) is 154 Å². The molecule has 0 aromatic rings. The Kier molecular flexibility index (Phi) is 58.5. The van der Waals surface area contributed by atoms with Gasteiger partial charge < -0.3 is 57.5 Å². The van der Waals surface area contributed by atoms with Gasteiger partial charge in [0.05, 0.1) is 49.4 Å². The van der Waals surface area contributed by atoms with Gasteiger partial charge in [-0.3, -0.25) is 38.4 Å². The first kappa shape index (κ1) is 108. The topological polar surface area (TPSA) is 223 Å². The molecule has 4 atom stereocenters. The number of nitrogens with zero attached hydrogens (tertiary/aromatic N) is 4. The van der Waals surface area contributed by atoms with Crippen molar-refractivity contribution in [2.75, 3.05) is 131 Å². The van der Waals surface area contributed by atoms with Crippen LogP contribution in [0.4, 0.5) is 0 Å². The normalized spacial score (nSPS) is 21.7. The van der Waals surface area contributed by atoms with Crippen LogP contribution in [0.1, 0.15) is 378 Å². The Bertz CT molecular complexity index is 2400. The standard InChI is InChI=1S/C102H184N4O16/c1-79(2)23-13-27-83(9)31-17-35-87-39-47-91(48-40-87)99(111)119-75-71-115-95(107)55-63-103(64-56-96(108)116-72-76-120-100(112)92-49-41-88(42-50-92)36-18-32-84(10)28-14-24-80(3)4)59-21-61-105-67-69-106(70-68-105)62-22-60-104(65-57-97(109)117-73-77-121-101(113)93-51-43-89(44-52-93)37-19-33-85(11)29-15-25-81(5)6)66-58-98(110)118-74-78-122-102(114)94-53-45-90(46-54-94)38-20-34-86(12)30-16-26-82(7)8/h79-94H,13-78H2,1-12H3. The average molecular weight is 1720 g/mol. The smallest absolute Gasteiger partial charge is 0.309 e. The van der Waals surface area contributed by atoms with Crippen LogP contribution in [0.25, 0.3) is 0 Å². The zero-order valence-electron chi connectivity index (χ0n) is 80.2. The molecule has 1 aliphatic heterocycles. The quantitative estimate of drug-likeness (QED) is 0.0313. The van der Waals surface area contributed by atoms with Crippen molar-refractivity contribution in [3.05, 3.63) is 0 Å². The highest BCUT2D eigenvalue weighted by Crippen LogP contribution is 2.38. The van der Waals surface area contributed by atoms with Crippen molar-refractivity contribution < 1.29 is 76.3 Å². The molecule has 0 radical (unpaired) electrons. The monoisotopic (exact) mass is 1720 g/mol. The highest BCUT2D eigenvalue weighted by atomic mass is 16.6. The molecule has 0 bridgehead atoms. The summed E-state index contributed by atoms with van der Waals surface area (Å²) in [5.74, 6) is 6.07. The molecule has 20 heteroatoms. The summed E-state index contributed by atoms with van der Waals surface area (Å²) >= 11 is 0. The molecule has 4 saturated carbocycles. The van der Waals surface area contributed by atoms with Gasteiger partial charge in [-0.25, -0.2) is 0 Å². The molecule has 1 heterocycles. The first-order valence-corrected chi connectivity index (χ1v) is 50.9. The van der Waals surface area contributed by atoms with E-state index in [4.69, 9.17) is 37.9 Å². The summed E-state index contributed by atoms with van der Waals surface area (Å²) in [4.78, 5) is 115. The van der Waals surface area contributed by atoms with Crippen LogP contribution in [0.2, 0.25) is 0 Å². The molecule has 5 rings (SSSR count). The molecule has 20 nitrogen and oxygen atoms in total. The molecule has 708 valence electrons. The molecule has 5 aliphatic rings. The minimum absolute atomic E-state index is 0.00789. The molecule has 4 aliphatic carbocycles. The second-order valence-corrected chi connectivity index (χ2v) is 40.9. The summed E-state index contributed by atoms with van der Waals surface area (Å²) in [6.45, 7) is 36.0. The minimum Gasteiger partial charge on any atom is -0.462 e. The number of carbonyl (C=O) groups is 8. The zero-order chi connectivity index (χ0) is 88.5. The minimum atomic E-state index is -0.390. The summed E-state index contributed by atoms with van der Waals surface area (Å²) in [5.41, 5.74) is 0. The van der Waals surface area contributed by atoms with Gasteiger partial charge in [-0.1, -0.05) is 237 Å². The lowest BCUT2D eigenvalue weighted by atomic mass is 9.79.